The largest absolute Gasteiger partial charge is 0.320 e. The van der Waals surface area contributed by atoms with Crippen molar-refractivity contribution in [3.8, 4) is 0 Å². The molecular weight excluding hydrogens is 275 g/mol. The van der Waals surface area contributed by atoms with Gasteiger partial charge in [-0.1, -0.05) is 6.42 Å². The van der Waals surface area contributed by atoms with E-state index in [0.717, 1.165) is 19.0 Å². The average molecular weight is 290 g/mol. The Morgan fingerprint density at radius 2 is 2.05 bits per heavy atom. The van der Waals surface area contributed by atoms with Crippen molar-refractivity contribution < 1.29 is 9.18 Å². The van der Waals surface area contributed by atoms with E-state index in [1.54, 1.807) is 11.3 Å². The minimum absolute atomic E-state index is 0.185. The van der Waals surface area contributed by atoms with Gasteiger partial charge in [-0.25, -0.2) is 4.39 Å². The quantitative estimate of drug-likeness (QED) is 0.855. The Hall–Kier alpha value is -1.75. The molecule has 0 unspecified atom stereocenters. The van der Waals surface area contributed by atoms with Crippen molar-refractivity contribution in [2.24, 2.45) is 0 Å². The highest BCUT2D eigenvalue weighted by molar-refractivity contribution is 7.14. The van der Waals surface area contributed by atoms with E-state index in [-0.39, 0.29) is 5.91 Å². The van der Waals surface area contributed by atoms with Crippen LogP contribution in [0.3, 0.4) is 0 Å². The molecule has 20 heavy (non-hydrogen) atoms. The topological polar surface area (TPSA) is 42.0 Å². The lowest BCUT2D eigenvalue weighted by atomic mass is 10.1. The Morgan fingerprint density at radius 1 is 1.20 bits per heavy atom. The molecule has 1 aliphatic carbocycles. The number of rotatable bonds is 2. The Balaban J connectivity index is 1.77. The molecule has 2 aromatic rings. The highest BCUT2D eigenvalue weighted by Gasteiger charge is 2.16. The van der Waals surface area contributed by atoms with Gasteiger partial charge in [0.25, 0.3) is 5.91 Å². The Labute approximate surface area is 120 Å². The molecule has 0 spiro atoms. The maximum absolute atomic E-state index is 13.0. The van der Waals surface area contributed by atoms with Gasteiger partial charge in [0.2, 0.25) is 0 Å². The second kappa shape index (κ2) is 5.71. The van der Waals surface area contributed by atoms with Gasteiger partial charge in [-0.05, 0) is 37.3 Å². The standard InChI is InChI=1S/C15H15FN2OS/c16-11-7-12(9-17-8-11)18-15(19)14-6-10-4-2-1-3-5-13(10)20-14/h6-9H,1-5H2,(H,18,19). The van der Waals surface area contributed by atoms with Gasteiger partial charge >= 0.3 is 0 Å². The number of carbonyl (C=O) groups excluding carboxylic acids is 1. The number of anilines is 1. The van der Waals surface area contributed by atoms with Crippen molar-refractivity contribution in [3.63, 3.8) is 0 Å². The molecule has 104 valence electrons. The fraction of sp³-hybridized carbons (Fsp3) is 0.333. The van der Waals surface area contributed by atoms with Crippen LogP contribution in [0.25, 0.3) is 0 Å². The number of aryl methyl sites for hydroxylation is 2. The number of hydrogen-bond acceptors (Lipinski definition) is 3. The fourth-order valence-electron chi connectivity index (χ4n) is 2.45. The predicted molar refractivity (Wildman–Crippen MR) is 77.7 cm³/mol. The van der Waals surface area contributed by atoms with Crippen LogP contribution in [0.5, 0.6) is 0 Å². The van der Waals surface area contributed by atoms with E-state index >= 15 is 0 Å². The summed E-state index contributed by atoms with van der Waals surface area (Å²) in [5, 5.41) is 2.69. The van der Waals surface area contributed by atoms with E-state index in [2.05, 4.69) is 10.3 Å². The second-order valence-corrected chi connectivity index (χ2v) is 6.10. The van der Waals surface area contributed by atoms with Crippen molar-refractivity contribution in [1.82, 2.24) is 4.98 Å². The SMILES string of the molecule is O=C(Nc1cncc(F)c1)c1cc2c(s1)CCCCC2. The van der Waals surface area contributed by atoms with Crippen LogP contribution in [0.15, 0.2) is 24.5 Å². The molecule has 0 aliphatic heterocycles. The first-order valence-electron chi connectivity index (χ1n) is 6.76. The molecule has 0 saturated heterocycles. The summed E-state index contributed by atoms with van der Waals surface area (Å²) >= 11 is 1.55. The lowest BCUT2D eigenvalue weighted by Crippen LogP contribution is -2.10. The first-order valence-corrected chi connectivity index (χ1v) is 7.57. The summed E-state index contributed by atoms with van der Waals surface area (Å²) in [7, 11) is 0. The van der Waals surface area contributed by atoms with Gasteiger partial charge in [-0.15, -0.1) is 11.3 Å². The molecule has 0 aromatic carbocycles. The van der Waals surface area contributed by atoms with Crippen molar-refractivity contribution in [2.75, 3.05) is 5.32 Å². The zero-order chi connectivity index (χ0) is 13.9. The molecule has 1 N–H and O–H groups in total. The Morgan fingerprint density at radius 3 is 2.90 bits per heavy atom. The number of nitrogens with zero attached hydrogens (tertiary/aromatic N) is 1. The number of thiophene rings is 1. The van der Waals surface area contributed by atoms with E-state index in [0.29, 0.717) is 10.6 Å². The number of hydrogen-bond donors (Lipinski definition) is 1. The lowest BCUT2D eigenvalue weighted by molar-refractivity contribution is 0.103. The minimum Gasteiger partial charge on any atom is -0.320 e. The van der Waals surface area contributed by atoms with E-state index in [1.807, 2.05) is 6.07 Å². The van der Waals surface area contributed by atoms with Crippen molar-refractivity contribution in [3.05, 3.63) is 45.7 Å². The summed E-state index contributed by atoms with van der Waals surface area (Å²) < 4.78 is 13.0. The number of aromatic nitrogens is 1. The first kappa shape index (κ1) is 13.2. The van der Waals surface area contributed by atoms with Gasteiger partial charge in [0, 0.05) is 10.9 Å². The number of amides is 1. The molecule has 0 bridgehead atoms. The molecular formula is C15H15FN2OS. The molecule has 2 heterocycles. The van der Waals surface area contributed by atoms with E-state index in [9.17, 15) is 9.18 Å². The third kappa shape index (κ3) is 2.88. The third-order valence-electron chi connectivity index (χ3n) is 3.43. The van der Waals surface area contributed by atoms with Gasteiger partial charge in [0.05, 0.1) is 23.0 Å². The van der Waals surface area contributed by atoms with E-state index in [4.69, 9.17) is 0 Å². The maximum Gasteiger partial charge on any atom is 0.265 e. The fourth-order valence-corrected chi connectivity index (χ4v) is 3.60. The Kier molecular flexibility index (Phi) is 3.78. The molecule has 0 fully saturated rings. The van der Waals surface area contributed by atoms with Crippen LogP contribution in [-0.4, -0.2) is 10.9 Å². The normalized spacial score (nSPS) is 14.4. The smallest absolute Gasteiger partial charge is 0.265 e. The van der Waals surface area contributed by atoms with Crippen LogP contribution in [0.1, 0.15) is 39.4 Å². The van der Waals surface area contributed by atoms with Crippen molar-refractivity contribution >= 4 is 22.9 Å². The molecule has 2 aromatic heterocycles. The number of nitrogens with one attached hydrogen (secondary N) is 1. The summed E-state index contributed by atoms with van der Waals surface area (Å²) in [4.78, 5) is 17.9. The van der Waals surface area contributed by atoms with Crippen molar-refractivity contribution in [2.45, 2.75) is 32.1 Å². The van der Waals surface area contributed by atoms with Crippen LogP contribution < -0.4 is 5.32 Å². The maximum atomic E-state index is 13.0. The summed E-state index contributed by atoms with van der Waals surface area (Å²) in [5.74, 6) is -0.639. The van der Waals surface area contributed by atoms with Crippen molar-refractivity contribution in [1.29, 1.82) is 0 Å². The highest BCUT2D eigenvalue weighted by atomic mass is 32.1. The zero-order valence-electron chi connectivity index (χ0n) is 11.0. The monoisotopic (exact) mass is 290 g/mol. The number of carbonyl (C=O) groups is 1. The molecule has 0 saturated carbocycles. The van der Waals surface area contributed by atoms with Gasteiger partial charge < -0.3 is 5.32 Å². The molecule has 3 nitrogen and oxygen atoms in total. The van der Waals surface area contributed by atoms with Crippen LogP contribution in [-0.2, 0) is 12.8 Å². The average Bonchev–Trinajstić information content (AvgIpc) is 2.70. The zero-order valence-corrected chi connectivity index (χ0v) is 11.8. The molecule has 1 amide bonds. The molecule has 5 heteroatoms. The van der Waals surface area contributed by atoms with Crippen LogP contribution in [0.2, 0.25) is 0 Å². The number of halogens is 1. The first-order chi connectivity index (χ1) is 9.72. The third-order valence-corrected chi connectivity index (χ3v) is 4.67. The summed E-state index contributed by atoms with van der Waals surface area (Å²) in [6.07, 6.45) is 8.33. The lowest BCUT2D eigenvalue weighted by Gasteiger charge is -2.02. The summed E-state index contributed by atoms with van der Waals surface area (Å²) in [6.45, 7) is 0. The Bertz CT molecular complexity index is 615. The summed E-state index contributed by atoms with van der Waals surface area (Å²) in [5.41, 5.74) is 1.69. The van der Waals surface area contributed by atoms with Crippen LogP contribution in [0, 0.1) is 5.82 Å². The van der Waals surface area contributed by atoms with E-state index in [1.165, 1.54) is 42.0 Å². The van der Waals surface area contributed by atoms with E-state index < -0.39 is 5.82 Å². The van der Waals surface area contributed by atoms with Crippen LogP contribution in [0.4, 0.5) is 10.1 Å². The van der Waals surface area contributed by atoms with Gasteiger partial charge in [-0.2, -0.15) is 0 Å². The molecule has 0 atom stereocenters. The second-order valence-electron chi connectivity index (χ2n) is 4.97. The molecule has 3 rings (SSSR count). The molecule has 1 aliphatic rings. The summed E-state index contributed by atoms with van der Waals surface area (Å²) in [6, 6.07) is 3.25. The van der Waals surface area contributed by atoms with Gasteiger partial charge in [0.15, 0.2) is 0 Å². The predicted octanol–water partition coefficient (Wildman–Crippen LogP) is 3.80. The number of fused-ring (bicyclic) bond motifs is 1. The van der Waals surface area contributed by atoms with Crippen LogP contribution >= 0.6 is 11.3 Å². The van der Waals surface area contributed by atoms with Gasteiger partial charge in [-0.3, -0.25) is 9.78 Å². The minimum atomic E-state index is -0.454. The van der Waals surface area contributed by atoms with Gasteiger partial charge in [0.1, 0.15) is 5.82 Å². The molecule has 0 radical (unpaired) electrons. The number of pyridine rings is 1. The highest BCUT2D eigenvalue weighted by Crippen LogP contribution is 2.29.